The van der Waals surface area contributed by atoms with Gasteiger partial charge >= 0.3 is 17.3 Å². The number of rotatable bonds is 9. The molecule has 11 nitrogen and oxygen atoms in total. The van der Waals surface area contributed by atoms with Crippen molar-refractivity contribution in [3.63, 3.8) is 0 Å². The van der Waals surface area contributed by atoms with Crippen molar-refractivity contribution >= 4 is 22.7 Å². The maximum absolute atomic E-state index is 13.5. The van der Waals surface area contributed by atoms with Crippen molar-refractivity contribution in [1.82, 2.24) is 14.1 Å². The molecule has 2 heterocycles. The molecule has 0 saturated heterocycles. The van der Waals surface area contributed by atoms with E-state index >= 15 is 0 Å². The van der Waals surface area contributed by atoms with Gasteiger partial charge in [0.25, 0.3) is 0 Å². The Morgan fingerprint density at radius 2 is 1.62 bits per heavy atom. The summed E-state index contributed by atoms with van der Waals surface area (Å²) >= 11 is 0. The van der Waals surface area contributed by atoms with Crippen LogP contribution >= 0.6 is 0 Å². The Bertz CT molecular complexity index is 2000. The lowest BCUT2D eigenvalue weighted by Gasteiger charge is -2.17. The number of nitrogens with zero attached hydrogens (tertiary/aromatic N) is 3. The number of nitrogens with one attached hydrogen (secondary N) is 1. The molecule has 0 radical (unpaired) electrons. The van der Waals surface area contributed by atoms with Crippen molar-refractivity contribution in [2.75, 3.05) is 19.5 Å². The normalized spacial score (nSPS) is 11.0. The second-order valence-corrected chi connectivity index (χ2v) is 10.2. The molecule has 0 atom stereocenters. The first-order valence-electron chi connectivity index (χ1n) is 14.1. The predicted octanol–water partition coefficient (Wildman–Crippen LogP) is 6.25. The number of methoxy groups -OCH3 is 2. The zero-order chi connectivity index (χ0) is 32.2. The highest BCUT2D eigenvalue weighted by Gasteiger charge is 2.19. The van der Waals surface area contributed by atoms with Crippen LogP contribution in [0.3, 0.4) is 0 Å². The number of pyridine rings is 1. The Balaban J connectivity index is 1.42. The van der Waals surface area contributed by atoms with Gasteiger partial charge in [0.15, 0.2) is 11.5 Å². The zero-order valence-corrected chi connectivity index (χ0v) is 25.3. The maximum atomic E-state index is 13.5. The average molecular weight is 615 g/mol. The van der Waals surface area contributed by atoms with Crippen LogP contribution in [0.25, 0.3) is 16.6 Å². The summed E-state index contributed by atoms with van der Waals surface area (Å²) in [5.74, 6) is 1.28. The molecule has 45 heavy (non-hydrogen) atoms. The smallest absolute Gasteiger partial charge is 0.417 e. The quantitative estimate of drug-likeness (QED) is 0.207. The molecule has 0 aliphatic carbocycles. The van der Waals surface area contributed by atoms with Crippen LogP contribution in [0.5, 0.6) is 28.7 Å². The van der Waals surface area contributed by atoms with Crippen LogP contribution in [0.1, 0.15) is 32.3 Å². The molecule has 5 rings (SSSR count). The van der Waals surface area contributed by atoms with Crippen LogP contribution in [-0.2, 0) is 6.54 Å². The van der Waals surface area contributed by atoms with Crippen molar-refractivity contribution in [3.8, 4) is 34.4 Å². The van der Waals surface area contributed by atoms with E-state index in [9.17, 15) is 18.8 Å². The number of halogens is 1. The van der Waals surface area contributed by atoms with Gasteiger partial charge in [-0.05, 0) is 73.0 Å². The number of aromatic nitrogens is 3. The SMILES string of the molecule is CCn1cc(OC(=O)Nc2ccc(Oc3ccnc4cc(OC)c(OC)cc34)c(C(C)C)c2)c(=O)n(-c2ccc(F)cc2)c1=O. The van der Waals surface area contributed by atoms with E-state index in [1.807, 2.05) is 13.8 Å². The Morgan fingerprint density at radius 1 is 0.911 bits per heavy atom. The van der Waals surface area contributed by atoms with Crippen molar-refractivity contribution in [3.05, 3.63) is 105 Å². The molecule has 3 aromatic carbocycles. The van der Waals surface area contributed by atoms with Crippen LogP contribution in [0.2, 0.25) is 0 Å². The molecule has 1 N–H and O–H groups in total. The number of fused-ring (bicyclic) bond motifs is 1. The fourth-order valence-electron chi connectivity index (χ4n) is 4.76. The summed E-state index contributed by atoms with van der Waals surface area (Å²) in [5.41, 5.74) is 0.456. The lowest BCUT2D eigenvalue weighted by atomic mass is 10.0. The molecule has 0 fully saturated rings. The lowest BCUT2D eigenvalue weighted by molar-refractivity contribution is 0.213. The highest BCUT2D eigenvalue weighted by Crippen LogP contribution is 2.39. The van der Waals surface area contributed by atoms with Gasteiger partial charge in [-0.25, -0.2) is 18.5 Å². The summed E-state index contributed by atoms with van der Waals surface area (Å²) in [4.78, 5) is 43.4. The molecule has 232 valence electrons. The van der Waals surface area contributed by atoms with E-state index in [0.717, 1.165) is 27.6 Å². The van der Waals surface area contributed by atoms with Gasteiger partial charge in [0.2, 0.25) is 5.75 Å². The summed E-state index contributed by atoms with van der Waals surface area (Å²) < 4.78 is 38.1. The Labute approximate surface area is 257 Å². The first kappa shape index (κ1) is 30.8. The largest absolute Gasteiger partial charge is 0.493 e. The van der Waals surface area contributed by atoms with Gasteiger partial charge in [-0.2, -0.15) is 0 Å². The number of carbonyl (C=O) groups excluding carboxylic acids is 1. The molecule has 0 bridgehead atoms. The zero-order valence-electron chi connectivity index (χ0n) is 25.3. The molecule has 0 unspecified atom stereocenters. The second kappa shape index (κ2) is 12.9. The van der Waals surface area contributed by atoms with Crippen molar-refractivity contribution in [2.45, 2.75) is 33.2 Å². The number of benzene rings is 3. The van der Waals surface area contributed by atoms with Crippen LogP contribution in [0, 0.1) is 5.82 Å². The molecule has 2 aromatic heterocycles. The number of aryl methyl sites for hydroxylation is 1. The maximum Gasteiger partial charge on any atom is 0.417 e. The highest BCUT2D eigenvalue weighted by molar-refractivity contribution is 5.89. The fourth-order valence-corrected chi connectivity index (χ4v) is 4.76. The lowest BCUT2D eigenvalue weighted by Crippen LogP contribution is -2.39. The van der Waals surface area contributed by atoms with Gasteiger partial charge in [-0.1, -0.05) is 13.8 Å². The van der Waals surface area contributed by atoms with E-state index < -0.39 is 23.2 Å². The number of ether oxygens (including phenoxy) is 4. The van der Waals surface area contributed by atoms with Gasteiger partial charge in [0.05, 0.1) is 31.6 Å². The third-order valence-corrected chi connectivity index (χ3v) is 7.06. The molecule has 1 amide bonds. The van der Waals surface area contributed by atoms with E-state index in [1.165, 1.54) is 22.9 Å². The Kier molecular flexibility index (Phi) is 8.84. The molecule has 5 aromatic rings. The fraction of sp³-hybridized carbons (Fsp3) is 0.212. The van der Waals surface area contributed by atoms with Gasteiger partial charge in [0, 0.05) is 29.9 Å². The minimum Gasteiger partial charge on any atom is -0.493 e. The number of carbonyl (C=O) groups is 1. The van der Waals surface area contributed by atoms with E-state index in [1.54, 1.807) is 63.7 Å². The van der Waals surface area contributed by atoms with Crippen molar-refractivity contribution in [2.24, 2.45) is 0 Å². The number of hydrogen-bond donors (Lipinski definition) is 1. The van der Waals surface area contributed by atoms with Crippen LogP contribution in [-0.4, -0.2) is 34.4 Å². The van der Waals surface area contributed by atoms with Crippen LogP contribution in [0.15, 0.2) is 82.6 Å². The Morgan fingerprint density at radius 3 is 2.29 bits per heavy atom. The second-order valence-electron chi connectivity index (χ2n) is 10.2. The first-order chi connectivity index (χ1) is 21.6. The van der Waals surface area contributed by atoms with Crippen molar-refractivity contribution < 1.29 is 28.1 Å². The minimum atomic E-state index is -0.941. The summed E-state index contributed by atoms with van der Waals surface area (Å²) in [6.45, 7) is 5.86. The first-order valence-corrected chi connectivity index (χ1v) is 14.1. The molecule has 0 aliphatic rings. The van der Waals surface area contributed by atoms with E-state index in [-0.39, 0.29) is 23.9 Å². The number of hydrogen-bond acceptors (Lipinski definition) is 8. The van der Waals surface area contributed by atoms with E-state index in [4.69, 9.17) is 18.9 Å². The molecule has 0 saturated carbocycles. The van der Waals surface area contributed by atoms with Crippen LogP contribution < -0.4 is 35.5 Å². The summed E-state index contributed by atoms with van der Waals surface area (Å²) in [6, 6.07) is 15.3. The molecular weight excluding hydrogens is 583 g/mol. The van der Waals surface area contributed by atoms with Crippen molar-refractivity contribution in [1.29, 1.82) is 0 Å². The third-order valence-electron chi connectivity index (χ3n) is 7.06. The van der Waals surface area contributed by atoms with E-state index in [2.05, 4.69) is 10.3 Å². The number of anilines is 1. The van der Waals surface area contributed by atoms with Gasteiger partial charge in [-0.3, -0.25) is 19.7 Å². The standard InChI is InChI=1S/C33H31FN4O7/c1-6-37-18-30(31(39)38(33(37)41)22-10-7-20(34)8-11-22)45-32(40)36-21-9-12-26(23(15-21)19(2)3)44-27-13-14-35-25-17-29(43-5)28(42-4)16-24(25)27/h7-19H,6H2,1-5H3,(H,36,40). The summed E-state index contributed by atoms with van der Waals surface area (Å²) in [7, 11) is 3.10. The third kappa shape index (κ3) is 6.35. The van der Waals surface area contributed by atoms with Gasteiger partial charge in [0.1, 0.15) is 17.3 Å². The monoisotopic (exact) mass is 614 g/mol. The predicted molar refractivity (Wildman–Crippen MR) is 167 cm³/mol. The van der Waals surface area contributed by atoms with E-state index in [0.29, 0.717) is 34.2 Å². The average Bonchev–Trinajstić information content (AvgIpc) is 3.03. The minimum absolute atomic E-state index is 0.00322. The molecule has 0 spiro atoms. The van der Waals surface area contributed by atoms with Crippen LogP contribution in [0.4, 0.5) is 14.9 Å². The molecule has 0 aliphatic heterocycles. The van der Waals surface area contributed by atoms with Gasteiger partial charge < -0.3 is 18.9 Å². The molecule has 12 heteroatoms. The Hall–Kier alpha value is -5.65. The highest BCUT2D eigenvalue weighted by atomic mass is 19.1. The topological polar surface area (TPSA) is 123 Å². The summed E-state index contributed by atoms with van der Waals surface area (Å²) in [6.07, 6.45) is 1.87. The van der Waals surface area contributed by atoms with Gasteiger partial charge in [-0.15, -0.1) is 0 Å². The number of amides is 1. The molecular formula is C33H31FN4O7. The summed E-state index contributed by atoms with van der Waals surface area (Å²) in [5, 5.41) is 3.36.